The second kappa shape index (κ2) is 6.02. The summed E-state index contributed by atoms with van der Waals surface area (Å²) in [5.74, 6) is -2.50. The van der Waals surface area contributed by atoms with E-state index in [9.17, 15) is 19.5 Å². The second-order valence-electron chi connectivity index (χ2n) is 6.45. The van der Waals surface area contributed by atoms with Crippen molar-refractivity contribution >= 4 is 29.2 Å². The van der Waals surface area contributed by atoms with Gasteiger partial charge >= 0.3 is 0 Å². The summed E-state index contributed by atoms with van der Waals surface area (Å²) in [5, 5.41) is 16.8. The molecule has 4 atom stereocenters. The molecule has 0 unspecified atom stereocenters. The molecule has 1 aromatic carbocycles. The van der Waals surface area contributed by atoms with Gasteiger partial charge < -0.3 is 20.5 Å². The monoisotopic (exact) mass is 315 g/mol. The number of amides is 2. The van der Waals surface area contributed by atoms with Gasteiger partial charge in [0.05, 0.1) is 0 Å². The molecule has 2 aliphatic carbocycles. The Morgan fingerprint density at radius 3 is 2.00 bits per heavy atom. The van der Waals surface area contributed by atoms with Gasteiger partial charge in [0, 0.05) is 36.1 Å². The molecule has 122 valence electrons. The van der Waals surface area contributed by atoms with Crippen molar-refractivity contribution in [3.8, 4) is 0 Å². The molecule has 0 radical (unpaired) electrons. The molecule has 0 heterocycles. The number of carbonyl (C=O) groups excluding carboxylic acids is 3. The van der Waals surface area contributed by atoms with Crippen LogP contribution in [-0.2, 0) is 14.4 Å². The molecule has 0 saturated heterocycles. The number of hydrogen-bond acceptors (Lipinski definition) is 4. The number of rotatable bonds is 4. The number of carbonyl (C=O) groups is 3. The molecule has 0 aromatic heterocycles. The zero-order valence-corrected chi connectivity index (χ0v) is 12.9. The summed E-state index contributed by atoms with van der Waals surface area (Å²) < 4.78 is 0. The fraction of sp³-hybridized carbons (Fsp3) is 0.471. The van der Waals surface area contributed by atoms with Gasteiger partial charge in [-0.2, -0.15) is 0 Å². The van der Waals surface area contributed by atoms with Crippen molar-refractivity contribution < 1.29 is 19.5 Å². The van der Waals surface area contributed by atoms with Crippen LogP contribution in [0.15, 0.2) is 24.3 Å². The Hall–Kier alpha value is -2.37. The van der Waals surface area contributed by atoms with Gasteiger partial charge in [0.1, 0.15) is 0 Å². The molecular formula is C17H19N2O4-. The van der Waals surface area contributed by atoms with Crippen molar-refractivity contribution in [2.75, 3.05) is 10.6 Å². The second-order valence-corrected chi connectivity index (χ2v) is 6.45. The highest BCUT2D eigenvalue weighted by Gasteiger charge is 2.51. The number of carboxylic acid groups (broad SMARTS) is 1. The van der Waals surface area contributed by atoms with Gasteiger partial charge in [0.2, 0.25) is 11.8 Å². The van der Waals surface area contributed by atoms with E-state index >= 15 is 0 Å². The molecule has 3 rings (SSSR count). The molecule has 2 fully saturated rings. The van der Waals surface area contributed by atoms with E-state index in [-0.39, 0.29) is 23.7 Å². The molecule has 0 aliphatic heterocycles. The minimum Gasteiger partial charge on any atom is -0.550 e. The van der Waals surface area contributed by atoms with Gasteiger partial charge in [-0.1, -0.05) is 0 Å². The average Bonchev–Trinajstić information content (AvgIpc) is 3.09. The van der Waals surface area contributed by atoms with Crippen molar-refractivity contribution in [1.29, 1.82) is 0 Å². The number of hydrogen-bond donors (Lipinski definition) is 2. The first kappa shape index (κ1) is 15.5. The van der Waals surface area contributed by atoms with E-state index in [2.05, 4.69) is 10.6 Å². The lowest BCUT2D eigenvalue weighted by Crippen LogP contribution is -2.43. The van der Waals surface area contributed by atoms with E-state index in [1.165, 1.54) is 6.92 Å². The van der Waals surface area contributed by atoms with Gasteiger partial charge in [0.25, 0.3) is 0 Å². The zero-order chi connectivity index (χ0) is 16.6. The lowest BCUT2D eigenvalue weighted by molar-refractivity contribution is -0.314. The van der Waals surface area contributed by atoms with Crippen LogP contribution in [0.2, 0.25) is 0 Å². The molecular weight excluding hydrogens is 296 g/mol. The van der Waals surface area contributed by atoms with Gasteiger partial charge in [-0.15, -0.1) is 0 Å². The lowest BCUT2D eigenvalue weighted by Gasteiger charge is -2.30. The summed E-state index contributed by atoms with van der Waals surface area (Å²) >= 11 is 0. The number of anilines is 2. The maximum atomic E-state index is 12.5. The highest BCUT2D eigenvalue weighted by molar-refractivity contribution is 5.96. The maximum absolute atomic E-state index is 12.5. The van der Waals surface area contributed by atoms with Gasteiger partial charge in [-0.25, -0.2) is 0 Å². The lowest BCUT2D eigenvalue weighted by atomic mass is 9.78. The molecule has 1 aromatic rings. The molecule has 6 heteroatoms. The third kappa shape index (κ3) is 3.06. The standard InChI is InChI=1S/C17H20N2O4/c1-9(20)18-12-4-6-13(7-5-12)19-16(21)14-10-2-3-11(8-10)15(14)17(22)23/h4-7,10-11,14-15H,2-3,8H2,1H3,(H,18,20)(H,19,21)(H,22,23)/p-1/t10-,11+,14+,15+/m0/s1. The third-order valence-corrected chi connectivity index (χ3v) is 4.96. The van der Waals surface area contributed by atoms with Crippen molar-refractivity contribution in [3.05, 3.63) is 24.3 Å². The molecule has 2 saturated carbocycles. The van der Waals surface area contributed by atoms with Crippen LogP contribution in [0.25, 0.3) is 0 Å². The summed E-state index contributed by atoms with van der Waals surface area (Å²) in [7, 11) is 0. The zero-order valence-electron chi connectivity index (χ0n) is 12.9. The first-order valence-corrected chi connectivity index (χ1v) is 7.85. The number of benzene rings is 1. The highest BCUT2D eigenvalue weighted by Crippen LogP contribution is 2.52. The molecule has 2 N–H and O–H groups in total. The molecule has 2 amide bonds. The summed E-state index contributed by atoms with van der Waals surface area (Å²) in [6.07, 6.45) is 2.59. The molecule has 2 bridgehead atoms. The normalized spacial score (nSPS) is 28.4. The van der Waals surface area contributed by atoms with Crippen LogP contribution < -0.4 is 15.7 Å². The SMILES string of the molecule is CC(=O)Nc1ccc(NC(=O)[C@@H]2[C@H]3CC[C@H](C3)[C@H]2C(=O)[O-])cc1. The number of carboxylic acids is 1. The predicted octanol–water partition coefficient (Wildman–Crippen LogP) is 0.996. The minimum atomic E-state index is -1.11. The first-order valence-electron chi connectivity index (χ1n) is 7.85. The highest BCUT2D eigenvalue weighted by atomic mass is 16.4. The topological polar surface area (TPSA) is 98.3 Å². The minimum absolute atomic E-state index is 0.0721. The van der Waals surface area contributed by atoms with E-state index in [0.717, 1.165) is 19.3 Å². The number of aliphatic carboxylic acids is 1. The van der Waals surface area contributed by atoms with E-state index in [1.807, 2.05) is 0 Å². The van der Waals surface area contributed by atoms with Gasteiger partial charge in [-0.05, 0) is 55.4 Å². The molecule has 6 nitrogen and oxygen atoms in total. The number of nitrogens with one attached hydrogen (secondary N) is 2. The van der Waals surface area contributed by atoms with Crippen LogP contribution in [0.4, 0.5) is 11.4 Å². The van der Waals surface area contributed by atoms with Crippen molar-refractivity contribution in [2.45, 2.75) is 26.2 Å². The third-order valence-electron chi connectivity index (χ3n) is 4.96. The van der Waals surface area contributed by atoms with E-state index in [0.29, 0.717) is 11.4 Å². The molecule has 0 spiro atoms. The van der Waals surface area contributed by atoms with Crippen LogP contribution >= 0.6 is 0 Å². The van der Waals surface area contributed by atoms with Crippen LogP contribution in [-0.4, -0.2) is 17.8 Å². The van der Waals surface area contributed by atoms with E-state index in [1.54, 1.807) is 24.3 Å². The van der Waals surface area contributed by atoms with Crippen LogP contribution in [0.1, 0.15) is 26.2 Å². The van der Waals surface area contributed by atoms with Gasteiger partial charge in [-0.3, -0.25) is 9.59 Å². The van der Waals surface area contributed by atoms with E-state index < -0.39 is 17.8 Å². The van der Waals surface area contributed by atoms with E-state index in [4.69, 9.17) is 0 Å². The Morgan fingerprint density at radius 1 is 0.957 bits per heavy atom. The fourth-order valence-electron chi connectivity index (χ4n) is 4.07. The largest absolute Gasteiger partial charge is 0.550 e. The molecule has 2 aliphatic rings. The smallest absolute Gasteiger partial charge is 0.228 e. The Balaban J connectivity index is 1.69. The Bertz CT molecular complexity index is 640. The van der Waals surface area contributed by atoms with Crippen LogP contribution in [0.5, 0.6) is 0 Å². The van der Waals surface area contributed by atoms with Crippen molar-refractivity contribution in [2.24, 2.45) is 23.7 Å². The summed E-state index contributed by atoms with van der Waals surface area (Å²) in [6.45, 7) is 1.42. The first-order chi connectivity index (χ1) is 11.0. The number of fused-ring (bicyclic) bond motifs is 2. The summed E-state index contributed by atoms with van der Waals surface area (Å²) in [6, 6.07) is 6.75. The maximum Gasteiger partial charge on any atom is 0.228 e. The molecule has 23 heavy (non-hydrogen) atoms. The summed E-state index contributed by atoms with van der Waals surface area (Å²) in [5.41, 5.74) is 1.23. The Kier molecular flexibility index (Phi) is 4.07. The average molecular weight is 315 g/mol. The summed E-state index contributed by atoms with van der Waals surface area (Å²) in [4.78, 5) is 34.9. The van der Waals surface area contributed by atoms with Gasteiger partial charge in [0.15, 0.2) is 0 Å². The van der Waals surface area contributed by atoms with Crippen molar-refractivity contribution in [1.82, 2.24) is 0 Å². The Labute approximate surface area is 134 Å². The Morgan fingerprint density at radius 2 is 1.48 bits per heavy atom. The van der Waals surface area contributed by atoms with Crippen molar-refractivity contribution in [3.63, 3.8) is 0 Å². The fourth-order valence-corrected chi connectivity index (χ4v) is 4.07. The van der Waals surface area contributed by atoms with Crippen LogP contribution in [0.3, 0.4) is 0 Å². The quantitative estimate of drug-likeness (QED) is 0.866. The van der Waals surface area contributed by atoms with Crippen LogP contribution in [0, 0.1) is 23.7 Å². The predicted molar refractivity (Wildman–Crippen MR) is 82.2 cm³/mol.